The van der Waals surface area contributed by atoms with Gasteiger partial charge in [-0.1, -0.05) is 45.3 Å². The van der Waals surface area contributed by atoms with Gasteiger partial charge in [-0.3, -0.25) is 9.13 Å². The first-order valence-corrected chi connectivity index (χ1v) is 10.2. The lowest BCUT2D eigenvalue weighted by molar-refractivity contribution is 0.331. The van der Waals surface area contributed by atoms with Crippen molar-refractivity contribution >= 4 is 15.2 Å². The first kappa shape index (κ1) is 20.0. The second-order valence-corrected chi connectivity index (χ2v) is 9.16. The van der Waals surface area contributed by atoms with Crippen molar-refractivity contribution in [3.8, 4) is 0 Å². The molecule has 0 heterocycles. The standard InChI is InChI=1S/C12H26O6P2/c1-3-4-5-6-7-8-9-11(2)10-12(19(13,14)15)20(16,17)18/h8-9,11-12H,3-7,10H2,1-2H3,(H2,13,14,15)(H2,16,17,18). The molecule has 6 nitrogen and oxygen atoms in total. The van der Waals surface area contributed by atoms with E-state index < -0.39 is 20.6 Å². The molecule has 0 aromatic heterocycles. The minimum atomic E-state index is -4.80. The average molecular weight is 328 g/mol. The van der Waals surface area contributed by atoms with Crippen molar-refractivity contribution in [2.24, 2.45) is 5.92 Å². The normalized spacial score (nSPS) is 15.2. The van der Waals surface area contributed by atoms with Crippen molar-refractivity contribution in [3.63, 3.8) is 0 Å². The quantitative estimate of drug-likeness (QED) is 0.278. The Labute approximate surface area is 120 Å². The van der Waals surface area contributed by atoms with E-state index in [1.54, 1.807) is 13.0 Å². The fraction of sp³-hybridized carbons (Fsp3) is 0.833. The lowest BCUT2D eigenvalue weighted by Crippen LogP contribution is -2.12. The molecule has 0 rings (SSSR count). The number of allylic oxidation sites excluding steroid dienone is 2. The summed E-state index contributed by atoms with van der Waals surface area (Å²) in [5.41, 5.74) is 0. The van der Waals surface area contributed by atoms with E-state index in [0.717, 1.165) is 25.7 Å². The second kappa shape index (κ2) is 9.14. The summed E-state index contributed by atoms with van der Waals surface area (Å²) in [4.78, 5) is 36.1. The Kier molecular flexibility index (Phi) is 9.16. The average Bonchev–Trinajstić information content (AvgIpc) is 2.27. The number of hydrogen-bond acceptors (Lipinski definition) is 2. The van der Waals surface area contributed by atoms with Crippen LogP contribution in [0.1, 0.15) is 52.4 Å². The second-order valence-electron chi connectivity index (χ2n) is 5.15. The molecule has 4 N–H and O–H groups in total. The molecule has 120 valence electrons. The molecule has 0 bridgehead atoms. The molecule has 8 heteroatoms. The van der Waals surface area contributed by atoms with Crippen molar-refractivity contribution in [1.82, 2.24) is 0 Å². The van der Waals surface area contributed by atoms with Crippen molar-refractivity contribution in [3.05, 3.63) is 12.2 Å². The van der Waals surface area contributed by atoms with E-state index in [9.17, 15) is 9.13 Å². The molecule has 0 radical (unpaired) electrons. The van der Waals surface area contributed by atoms with Crippen LogP contribution in [0.2, 0.25) is 0 Å². The van der Waals surface area contributed by atoms with Crippen molar-refractivity contribution in [1.29, 1.82) is 0 Å². The fourth-order valence-corrected chi connectivity index (χ4v) is 4.68. The zero-order valence-electron chi connectivity index (χ0n) is 12.1. The van der Waals surface area contributed by atoms with Crippen LogP contribution in [0.5, 0.6) is 0 Å². The van der Waals surface area contributed by atoms with Gasteiger partial charge >= 0.3 is 15.2 Å². The molecule has 0 aliphatic heterocycles. The monoisotopic (exact) mass is 328 g/mol. The van der Waals surface area contributed by atoms with Gasteiger partial charge in [0.2, 0.25) is 0 Å². The molecule has 1 unspecified atom stereocenters. The van der Waals surface area contributed by atoms with Crippen LogP contribution in [0.4, 0.5) is 0 Å². The predicted molar refractivity (Wildman–Crippen MR) is 79.6 cm³/mol. The van der Waals surface area contributed by atoms with Crippen LogP contribution in [-0.2, 0) is 9.13 Å². The van der Waals surface area contributed by atoms with Gasteiger partial charge in [0, 0.05) is 0 Å². The van der Waals surface area contributed by atoms with Gasteiger partial charge in [0.15, 0.2) is 5.40 Å². The van der Waals surface area contributed by atoms with E-state index in [1.807, 2.05) is 6.08 Å². The summed E-state index contributed by atoms with van der Waals surface area (Å²) in [6.45, 7) is 3.82. The molecule has 0 aromatic rings. The highest BCUT2D eigenvalue weighted by atomic mass is 31.2. The van der Waals surface area contributed by atoms with Gasteiger partial charge in [-0.15, -0.1) is 0 Å². The summed E-state index contributed by atoms with van der Waals surface area (Å²) in [5, 5.41) is -1.91. The molecule has 0 fully saturated rings. The summed E-state index contributed by atoms with van der Waals surface area (Å²) >= 11 is 0. The van der Waals surface area contributed by atoms with Gasteiger partial charge in [0.05, 0.1) is 0 Å². The van der Waals surface area contributed by atoms with E-state index in [0.29, 0.717) is 0 Å². The molecular formula is C12H26O6P2. The van der Waals surface area contributed by atoms with E-state index in [4.69, 9.17) is 19.6 Å². The summed E-state index contributed by atoms with van der Waals surface area (Å²) < 4.78 is 22.3. The Morgan fingerprint density at radius 3 is 2.00 bits per heavy atom. The summed E-state index contributed by atoms with van der Waals surface area (Å²) in [6.07, 6.45) is 8.87. The SMILES string of the molecule is CCCCCCC=CC(C)CC(P(=O)(O)O)P(=O)(O)O. The van der Waals surface area contributed by atoms with Gasteiger partial charge in [-0.2, -0.15) is 0 Å². The van der Waals surface area contributed by atoms with Gasteiger partial charge < -0.3 is 19.6 Å². The van der Waals surface area contributed by atoms with Crippen LogP contribution in [0, 0.1) is 5.92 Å². The van der Waals surface area contributed by atoms with E-state index in [-0.39, 0.29) is 12.3 Å². The zero-order valence-corrected chi connectivity index (χ0v) is 13.8. The maximum atomic E-state index is 11.1. The highest BCUT2D eigenvalue weighted by Crippen LogP contribution is 2.62. The predicted octanol–water partition coefficient (Wildman–Crippen LogP) is 3.22. The third kappa shape index (κ3) is 9.06. The summed E-state index contributed by atoms with van der Waals surface area (Å²) in [5.74, 6) is -0.286. The summed E-state index contributed by atoms with van der Waals surface area (Å²) in [6, 6.07) is 0. The third-order valence-corrected chi connectivity index (χ3v) is 6.83. The Morgan fingerprint density at radius 1 is 1.00 bits per heavy atom. The topological polar surface area (TPSA) is 115 Å². The van der Waals surface area contributed by atoms with Crippen LogP contribution >= 0.6 is 15.2 Å². The first-order chi connectivity index (χ1) is 9.09. The first-order valence-electron chi connectivity index (χ1n) is 6.86. The fourth-order valence-electron chi connectivity index (χ4n) is 1.90. The van der Waals surface area contributed by atoms with Gasteiger partial charge in [-0.05, 0) is 25.2 Å². The Balaban J connectivity index is 4.35. The highest BCUT2D eigenvalue weighted by Gasteiger charge is 2.43. The number of hydrogen-bond donors (Lipinski definition) is 4. The number of unbranched alkanes of at least 4 members (excludes halogenated alkanes) is 4. The maximum absolute atomic E-state index is 11.1. The molecule has 0 aliphatic rings. The van der Waals surface area contributed by atoms with Crippen molar-refractivity contribution in [2.75, 3.05) is 0 Å². The zero-order chi connectivity index (χ0) is 15.8. The Bertz CT molecular complexity index is 361. The van der Waals surface area contributed by atoms with Crippen LogP contribution in [0.25, 0.3) is 0 Å². The lowest BCUT2D eigenvalue weighted by atomic mass is 10.1. The molecule has 1 atom stereocenters. The van der Waals surface area contributed by atoms with Crippen LogP contribution in [0.15, 0.2) is 12.2 Å². The van der Waals surface area contributed by atoms with Gasteiger partial charge in [0.25, 0.3) is 0 Å². The van der Waals surface area contributed by atoms with Gasteiger partial charge in [0.1, 0.15) is 0 Å². The Morgan fingerprint density at radius 2 is 1.55 bits per heavy atom. The molecule has 0 saturated heterocycles. The van der Waals surface area contributed by atoms with Crippen molar-refractivity contribution in [2.45, 2.75) is 57.8 Å². The number of rotatable bonds is 10. The van der Waals surface area contributed by atoms with Crippen LogP contribution < -0.4 is 0 Å². The molecule has 0 aromatic carbocycles. The molecule has 0 aliphatic carbocycles. The molecule has 0 spiro atoms. The van der Waals surface area contributed by atoms with E-state index >= 15 is 0 Å². The van der Waals surface area contributed by atoms with Crippen molar-refractivity contribution < 1.29 is 28.7 Å². The lowest BCUT2D eigenvalue weighted by Gasteiger charge is -2.21. The van der Waals surface area contributed by atoms with Crippen LogP contribution in [-0.4, -0.2) is 25.0 Å². The molecular weight excluding hydrogens is 302 g/mol. The minimum absolute atomic E-state index is 0.222. The smallest absolute Gasteiger partial charge is 0.324 e. The molecule has 0 saturated carbocycles. The highest BCUT2D eigenvalue weighted by molar-refractivity contribution is 7.70. The van der Waals surface area contributed by atoms with E-state index in [1.165, 1.54) is 6.42 Å². The van der Waals surface area contributed by atoms with Gasteiger partial charge in [-0.25, -0.2) is 0 Å². The third-order valence-electron chi connectivity index (χ3n) is 3.05. The Hall–Kier alpha value is 0.0400. The maximum Gasteiger partial charge on any atom is 0.340 e. The van der Waals surface area contributed by atoms with E-state index in [2.05, 4.69) is 6.92 Å². The molecule has 0 amide bonds. The minimum Gasteiger partial charge on any atom is -0.324 e. The summed E-state index contributed by atoms with van der Waals surface area (Å²) in [7, 11) is -9.60. The largest absolute Gasteiger partial charge is 0.340 e. The van der Waals surface area contributed by atoms with Crippen LogP contribution in [0.3, 0.4) is 0 Å². The molecule has 20 heavy (non-hydrogen) atoms.